The van der Waals surface area contributed by atoms with Gasteiger partial charge in [-0.15, -0.1) is 0 Å². The molecule has 1 N–H and O–H groups in total. The normalized spacial score (nSPS) is 13.5. The molecular formula is C25H23N3O6S. The molecule has 0 radical (unpaired) electrons. The van der Waals surface area contributed by atoms with Crippen molar-refractivity contribution in [2.24, 2.45) is 0 Å². The van der Waals surface area contributed by atoms with Gasteiger partial charge in [-0.25, -0.2) is 13.1 Å². The van der Waals surface area contributed by atoms with Crippen LogP contribution in [-0.4, -0.2) is 23.8 Å². The van der Waals surface area contributed by atoms with E-state index < -0.39 is 41.7 Å². The molecule has 0 saturated heterocycles. The average molecular weight is 494 g/mol. The number of rotatable bonds is 8. The van der Waals surface area contributed by atoms with Gasteiger partial charge < -0.3 is 0 Å². The van der Waals surface area contributed by atoms with Crippen molar-refractivity contribution in [3.8, 4) is 0 Å². The van der Waals surface area contributed by atoms with Gasteiger partial charge in [0.1, 0.15) is 0 Å². The number of nitro groups is 2. The predicted molar refractivity (Wildman–Crippen MR) is 132 cm³/mol. The van der Waals surface area contributed by atoms with E-state index in [9.17, 15) is 28.6 Å². The van der Waals surface area contributed by atoms with Crippen LogP contribution in [0.4, 0.5) is 11.4 Å². The predicted octanol–water partition coefficient (Wildman–Crippen LogP) is 5.12. The molecule has 180 valence electrons. The Labute approximate surface area is 202 Å². The lowest BCUT2D eigenvalue weighted by atomic mass is 9.89. The Morgan fingerprint density at radius 2 is 1.57 bits per heavy atom. The number of nitrogens with zero attached hydrogens (tertiary/aromatic N) is 2. The standard InChI is InChI=1S/C25H23N3O6S/c1-25(2,26-35(33,34)24-13-12-19(27(29)30)15-23(24)28(31)32)16-22-20-11-7-6-10-18(20)14-21(22)17-8-4-3-5-9-17/h3-13,15,26H,14,16H2,1-2H3. The minimum absolute atomic E-state index is 0.328. The first kappa shape index (κ1) is 24.2. The van der Waals surface area contributed by atoms with Crippen LogP contribution in [0.2, 0.25) is 0 Å². The maximum atomic E-state index is 13.2. The first-order valence-electron chi connectivity index (χ1n) is 10.8. The lowest BCUT2D eigenvalue weighted by Crippen LogP contribution is -2.43. The van der Waals surface area contributed by atoms with Crippen LogP contribution >= 0.6 is 0 Å². The quantitative estimate of drug-likeness (QED) is 0.342. The molecule has 0 heterocycles. The van der Waals surface area contributed by atoms with Gasteiger partial charge in [0.05, 0.1) is 15.9 Å². The van der Waals surface area contributed by atoms with Crippen molar-refractivity contribution in [1.29, 1.82) is 0 Å². The molecule has 0 unspecified atom stereocenters. The molecule has 0 bridgehead atoms. The molecule has 0 aliphatic heterocycles. The fourth-order valence-corrected chi connectivity index (χ4v) is 6.00. The van der Waals surface area contributed by atoms with Crippen LogP contribution in [0, 0.1) is 20.2 Å². The van der Waals surface area contributed by atoms with Crippen molar-refractivity contribution in [1.82, 2.24) is 4.72 Å². The third-order valence-electron chi connectivity index (χ3n) is 5.87. The van der Waals surface area contributed by atoms with Crippen molar-refractivity contribution < 1.29 is 18.3 Å². The summed E-state index contributed by atoms with van der Waals surface area (Å²) in [6.07, 6.45) is 1.04. The highest BCUT2D eigenvalue weighted by molar-refractivity contribution is 7.89. The molecule has 0 spiro atoms. The molecule has 4 rings (SSSR count). The molecule has 0 saturated carbocycles. The molecular weight excluding hydrogens is 470 g/mol. The van der Waals surface area contributed by atoms with Gasteiger partial charge in [-0.2, -0.15) is 0 Å². The topological polar surface area (TPSA) is 132 Å². The van der Waals surface area contributed by atoms with E-state index in [0.29, 0.717) is 18.9 Å². The minimum atomic E-state index is -4.37. The van der Waals surface area contributed by atoms with Crippen LogP contribution in [0.1, 0.15) is 37.0 Å². The highest BCUT2D eigenvalue weighted by atomic mass is 32.2. The smallest absolute Gasteiger partial charge is 0.258 e. The fourth-order valence-electron chi connectivity index (χ4n) is 4.43. The zero-order valence-corrected chi connectivity index (χ0v) is 19.9. The second kappa shape index (κ2) is 9.05. The van der Waals surface area contributed by atoms with E-state index >= 15 is 0 Å². The van der Waals surface area contributed by atoms with E-state index in [-0.39, 0.29) is 0 Å². The van der Waals surface area contributed by atoms with Crippen LogP contribution < -0.4 is 4.72 Å². The molecule has 1 aliphatic rings. The van der Waals surface area contributed by atoms with Gasteiger partial charge in [0, 0.05) is 11.6 Å². The van der Waals surface area contributed by atoms with Gasteiger partial charge in [-0.1, -0.05) is 54.6 Å². The third-order valence-corrected chi connectivity index (χ3v) is 7.61. The maximum Gasteiger partial charge on any atom is 0.296 e. The van der Waals surface area contributed by atoms with E-state index in [1.54, 1.807) is 13.8 Å². The Bertz CT molecular complexity index is 1460. The largest absolute Gasteiger partial charge is 0.296 e. The molecule has 0 aromatic heterocycles. The van der Waals surface area contributed by atoms with Crippen molar-refractivity contribution in [2.45, 2.75) is 37.1 Å². The van der Waals surface area contributed by atoms with Gasteiger partial charge in [-0.3, -0.25) is 20.2 Å². The number of nitro benzene ring substituents is 2. The highest BCUT2D eigenvalue weighted by Crippen LogP contribution is 2.42. The zero-order valence-electron chi connectivity index (χ0n) is 19.1. The summed E-state index contributed by atoms with van der Waals surface area (Å²) in [4.78, 5) is 20.2. The lowest BCUT2D eigenvalue weighted by molar-refractivity contribution is -0.396. The maximum absolute atomic E-state index is 13.2. The summed E-state index contributed by atoms with van der Waals surface area (Å²) >= 11 is 0. The molecule has 10 heteroatoms. The number of non-ortho nitro benzene ring substituents is 1. The van der Waals surface area contributed by atoms with Crippen LogP contribution in [0.25, 0.3) is 11.1 Å². The molecule has 1 aliphatic carbocycles. The van der Waals surface area contributed by atoms with E-state index in [4.69, 9.17) is 0 Å². The average Bonchev–Trinajstić information content (AvgIpc) is 3.16. The first-order chi connectivity index (χ1) is 16.5. The van der Waals surface area contributed by atoms with Crippen molar-refractivity contribution in [3.63, 3.8) is 0 Å². The number of benzene rings is 3. The molecule has 9 nitrogen and oxygen atoms in total. The Kier molecular flexibility index (Phi) is 6.27. The van der Waals surface area contributed by atoms with Crippen LogP contribution in [-0.2, 0) is 16.4 Å². The van der Waals surface area contributed by atoms with E-state index in [1.165, 1.54) is 0 Å². The van der Waals surface area contributed by atoms with Crippen LogP contribution in [0.5, 0.6) is 0 Å². The second-order valence-electron chi connectivity index (χ2n) is 8.99. The summed E-state index contributed by atoms with van der Waals surface area (Å²) in [5, 5.41) is 22.5. The van der Waals surface area contributed by atoms with E-state index in [2.05, 4.69) is 4.72 Å². The highest BCUT2D eigenvalue weighted by Gasteiger charge is 2.35. The SMILES string of the molecule is CC(C)(CC1=C(c2ccccc2)Cc2ccccc21)NS(=O)(=O)c1ccc([N+](=O)[O-])cc1[N+](=O)[O-]. The number of allylic oxidation sites excluding steroid dienone is 1. The zero-order chi connectivity index (χ0) is 25.4. The van der Waals surface area contributed by atoms with Crippen molar-refractivity contribution in [3.05, 3.63) is 110 Å². The Morgan fingerprint density at radius 3 is 2.23 bits per heavy atom. The van der Waals surface area contributed by atoms with Gasteiger partial charge in [0.15, 0.2) is 4.90 Å². The summed E-state index contributed by atoms with van der Waals surface area (Å²) in [6, 6.07) is 20.3. The van der Waals surface area contributed by atoms with E-state index in [1.807, 2.05) is 54.6 Å². The molecule has 3 aromatic carbocycles. The van der Waals surface area contributed by atoms with Gasteiger partial charge >= 0.3 is 0 Å². The second-order valence-corrected chi connectivity index (χ2v) is 10.6. The fraction of sp³-hybridized carbons (Fsp3) is 0.200. The Morgan fingerprint density at radius 1 is 0.914 bits per heavy atom. The van der Waals surface area contributed by atoms with Crippen LogP contribution in [0.3, 0.4) is 0 Å². The summed E-state index contributed by atoms with van der Waals surface area (Å²) in [7, 11) is -4.37. The van der Waals surface area contributed by atoms with Gasteiger partial charge in [0.2, 0.25) is 10.0 Å². The first-order valence-corrected chi connectivity index (χ1v) is 12.3. The molecule has 0 atom stereocenters. The molecule has 0 amide bonds. The van der Waals surface area contributed by atoms with Crippen molar-refractivity contribution >= 4 is 32.5 Å². The minimum Gasteiger partial charge on any atom is -0.258 e. The number of hydrogen-bond donors (Lipinski definition) is 1. The number of hydrogen-bond acceptors (Lipinski definition) is 6. The Balaban J connectivity index is 1.71. The lowest BCUT2D eigenvalue weighted by Gasteiger charge is -2.27. The molecule has 3 aromatic rings. The van der Waals surface area contributed by atoms with Crippen LogP contribution in [0.15, 0.2) is 77.7 Å². The summed E-state index contributed by atoms with van der Waals surface area (Å²) < 4.78 is 29.0. The van der Waals surface area contributed by atoms with E-state index in [0.717, 1.165) is 40.0 Å². The number of sulfonamides is 1. The summed E-state index contributed by atoms with van der Waals surface area (Å²) in [5.74, 6) is 0. The summed E-state index contributed by atoms with van der Waals surface area (Å²) in [6.45, 7) is 3.41. The number of nitrogens with one attached hydrogen (secondary N) is 1. The monoisotopic (exact) mass is 493 g/mol. The Hall–Kier alpha value is -3.89. The molecule has 35 heavy (non-hydrogen) atoms. The van der Waals surface area contributed by atoms with Crippen molar-refractivity contribution in [2.75, 3.05) is 0 Å². The third kappa shape index (κ3) is 4.98. The number of fused-ring (bicyclic) bond motifs is 1. The van der Waals surface area contributed by atoms with Gasteiger partial charge in [0.25, 0.3) is 11.4 Å². The molecule has 0 fully saturated rings. The summed E-state index contributed by atoms with van der Waals surface area (Å²) in [5.41, 5.74) is 2.89. The van der Waals surface area contributed by atoms with Gasteiger partial charge in [-0.05, 0) is 60.6 Å².